The Bertz CT molecular complexity index is 1310. The number of aryl methyl sites for hydroxylation is 1. The lowest BCUT2D eigenvalue weighted by molar-refractivity contribution is -0.143. The van der Waals surface area contributed by atoms with E-state index in [1.54, 1.807) is 4.68 Å². The van der Waals surface area contributed by atoms with Gasteiger partial charge in [0.25, 0.3) is 0 Å². The number of carboxylic acids is 1. The first-order valence-electron chi connectivity index (χ1n) is 11.6. The number of rotatable bonds is 7. The molecule has 1 saturated carbocycles. The van der Waals surface area contributed by atoms with Gasteiger partial charge in [-0.3, -0.25) is 9.48 Å². The molecule has 2 atom stereocenters. The topological polar surface area (TPSA) is 82.2 Å². The first-order chi connectivity index (χ1) is 16.5. The largest absolute Gasteiger partial charge is 0.487 e. The predicted molar refractivity (Wildman–Crippen MR) is 133 cm³/mol. The van der Waals surface area contributed by atoms with Crippen molar-refractivity contribution in [3.05, 3.63) is 76.3 Å². The monoisotopic (exact) mass is 522 g/mol. The summed E-state index contributed by atoms with van der Waals surface area (Å²) in [5, 5.41) is 14.3. The number of ether oxygens (including phenoxy) is 1. The Labute approximate surface area is 206 Å². The van der Waals surface area contributed by atoms with Crippen molar-refractivity contribution in [3.63, 3.8) is 0 Å². The van der Waals surface area contributed by atoms with Crippen molar-refractivity contribution in [3.8, 4) is 5.75 Å². The molecule has 1 N–H and O–H groups in total. The number of carboxylic acid groups (broad SMARTS) is 1. The summed E-state index contributed by atoms with van der Waals surface area (Å²) in [5.41, 5.74) is 3.79. The van der Waals surface area contributed by atoms with Gasteiger partial charge in [-0.05, 0) is 48.7 Å². The third-order valence-electron chi connectivity index (χ3n) is 6.57. The lowest BCUT2D eigenvalue weighted by Gasteiger charge is -2.28. The van der Waals surface area contributed by atoms with Crippen LogP contribution in [0.4, 0.5) is 0 Å². The van der Waals surface area contributed by atoms with E-state index in [0.717, 1.165) is 57.6 Å². The minimum atomic E-state index is -0.730. The van der Waals surface area contributed by atoms with E-state index in [2.05, 4.69) is 37.7 Å². The Morgan fingerprint density at radius 2 is 1.94 bits per heavy atom. The molecule has 34 heavy (non-hydrogen) atoms. The van der Waals surface area contributed by atoms with E-state index < -0.39 is 11.9 Å². The zero-order valence-corrected chi connectivity index (χ0v) is 20.6. The Balaban J connectivity index is 1.54. The Hall–Kier alpha value is -3.13. The van der Waals surface area contributed by atoms with Crippen LogP contribution in [0, 0.1) is 5.92 Å². The molecule has 7 nitrogen and oxygen atoms in total. The fourth-order valence-corrected chi connectivity index (χ4v) is 5.13. The van der Waals surface area contributed by atoms with Crippen LogP contribution in [0.3, 0.4) is 0 Å². The molecule has 8 heteroatoms. The average Bonchev–Trinajstić information content (AvgIpc) is 3.42. The Kier molecular flexibility index (Phi) is 6.41. The van der Waals surface area contributed by atoms with Crippen LogP contribution in [0.5, 0.6) is 5.75 Å². The summed E-state index contributed by atoms with van der Waals surface area (Å²) in [6.45, 7) is 0.995. The molecule has 0 spiro atoms. The molecule has 0 bridgehead atoms. The van der Waals surface area contributed by atoms with Crippen LogP contribution in [0.25, 0.3) is 11.0 Å². The van der Waals surface area contributed by atoms with Crippen LogP contribution < -0.4 is 4.74 Å². The molecule has 1 fully saturated rings. The molecule has 1 aliphatic carbocycles. The highest BCUT2D eigenvalue weighted by Crippen LogP contribution is 2.39. The van der Waals surface area contributed by atoms with Gasteiger partial charge in [0.2, 0.25) is 0 Å². The number of nitrogens with zero attached hydrogens (tertiary/aromatic N) is 4. The third kappa shape index (κ3) is 4.73. The normalized spacial score (nSPS) is 18.3. The molecular formula is C26H27BrN4O3. The van der Waals surface area contributed by atoms with Crippen molar-refractivity contribution < 1.29 is 14.6 Å². The minimum Gasteiger partial charge on any atom is -0.487 e. The maximum Gasteiger partial charge on any atom is 0.307 e. The number of imidazole rings is 1. The van der Waals surface area contributed by atoms with Crippen LogP contribution in [0.15, 0.2) is 59.2 Å². The molecule has 1 aliphatic rings. The van der Waals surface area contributed by atoms with Gasteiger partial charge in [0, 0.05) is 36.2 Å². The van der Waals surface area contributed by atoms with Gasteiger partial charge in [0.05, 0.1) is 22.6 Å². The van der Waals surface area contributed by atoms with Gasteiger partial charge in [0.15, 0.2) is 0 Å². The molecule has 176 valence electrons. The van der Waals surface area contributed by atoms with Crippen LogP contribution in [-0.4, -0.2) is 30.4 Å². The smallest absolute Gasteiger partial charge is 0.307 e. The summed E-state index contributed by atoms with van der Waals surface area (Å²) in [4.78, 5) is 17.0. The van der Waals surface area contributed by atoms with Crippen molar-refractivity contribution in [1.29, 1.82) is 0 Å². The first-order valence-corrected chi connectivity index (χ1v) is 12.4. The summed E-state index contributed by atoms with van der Waals surface area (Å²) in [6.07, 6.45) is 5.40. The molecule has 2 heterocycles. The van der Waals surface area contributed by atoms with Crippen LogP contribution in [0.1, 0.15) is 48.7 Å². The molecular weight excluding hydrogens is 496 g/mol. The van der Waals surface area contributed by atoms with Gasteiger partial charge in [-0.2, -0.15) is 5.10 Å². The highest BCUT2D eigenvalue weighted by molar-refractivity contribution is 9.10. The molecule has 2 aromatic carbocycles. The second kappa shape index (κ2) is 9.62. The van der Waals surface area contributed by atoms with E-state index in [-0.39, 0.29) is 5.92 Å². The van der Waals surface area contributed by atoms with Gasteiger partial charge >= 0.3 is 5.97 Å². The molecule has 0 saturated heterocycles. The van der Waals surface area contributed by atoms with Crippen LogP contribution in [0.2, 0.25) is 0 Å². The van der Waals surface area contributed by atoms with Gasteiger partial charge in [-0.1, -0.05) is 40.9 Å². The molecule has 5 rings (SSSR count). The fraction of sp³-hybridized carbons (Fsp3) is 0.346. The van der Waals surface area contributed by atoms with Crippen LogP contribution >= 0.6 is 15.9 Å². The van der Waals surface area contributed by atoms with Crippen molar-refractivity contribution in [2.24, 2.45) is 13.0 Å². The zero-order chi connectivity index (χ0) is 23.7. The summed E-state index contributed by atoms with van der Waals surface area (Å²) in [7, 11) is 1.88. The van der Waals surface area contributed by atoms with Crippen LogP contribution in [-0.2, 0) is 25.0 Å². The number of halogens is 1. The summed E-state index contributed by atoms with van der Waals surface area (Å²) < 4.78 is 11.0. The van der Waals surface area contributed by atoms with E-state index in [4.69, 9.17) is 9.72 Å². The van der Waals surface area contributed by atoms with E-state index >= 15 is 0 Å². The second-order valence-corrected chi connectivity index (χ2v) is 9.85. The highest BCUT2D eigenvalue weighted by Gasteiger charge is 2.35. The quantitative estimate of drug-likeness (QED) is 0.345. The standard InChI is InChI=1S/C26H27BrN4O3/c1-30-13-12-19(29-30)16-34-20-10-11-23-24(14-20)31(15-17-6-8-18(27)9-7-17)25(28-23)21-4-2-3-5-22(21)26(32)33/h6-14,21-22H,2-5,15-16H2,1H3,(H,32,33)/t21-,22+/m0/s1. The Morgan fingerprint density at radius 3 is 2.68 bits per heavy atom. The van der Waals surface area contributed by atoms with Crippen molar-refractivity contribution in [2.45, 2.75) is 44.8 Å². The molecule has 0 aliphatic heterocycles. The SMILES string of the molecule is Cn1ccc(COc2ccc3nc([C@H]4CCCC[C@H]4C(=O)O)n(Cc4ccc(Br)cc4)c3c2)n1. The van der Waals surface area contributed by atoms with E-state index in [0.29, 0.717) is 19.6 Å². The number of fused-ring (bicyclic) bond motifs is 1. The molecule has 4 aromatic rings. The number of aromatic nitrogens is 4. The Morgan fingerprint density at radius 1 is 1.15 bits per heavy atom. The lowest BCUT2D eigenvalue weighted by Crippen LogP contribution is -2.27. The summed E-state index contributed by atoms with van der Waals surface area (Å²) in [5.74, 6) is 0.347. The minimum absolute atomic E-state index is 0.105. The highest BCUT2D eigenvalue weighted by atomic mass is 79.9. The molecule has 0 radical (unpaired) electrons. The molecule has 0 amide bonds. The van der Waals surface area contributed by atoms with E-state index in [9.17, 15) is 9.90 Å². The molecule has 2 aromatic heterocycles. The number of carbonyl (C=O) groups is 1. The maximum atomic E-state index is 12.1. The van der Waals surface area contributed by atoms with Gasteiger partial charge in [0.1, 0.15) is 18.2 Å². The fourth-order valence-electron chi connectivity index (χ4n) is 4.87. The van der Waals surface area contributed by atoms with Crippen molar-refractivity contribution in [1.82, 2.24) is 19.3 Å². The lowest BCUT2D eigenvalue weighted by atomic mass is 9.78. The van der Waals surface area contributed by atoms with Gasteiger partial charge in [-0.25, -0.2) is 4.98 Å². The van der Waals surface area contributed by atoms with E-state index in [1.807, 2.05) is 49.6 Å². The van der Waals surface area contributed by atoms with E-state index in [1.165, 1.54) is 0 Å². The number of hydrogen-bond donors (Lipinski definition) is 1. The van der Waals surface area contributed by atoms with Gasteiger partial charge in [-0.15, -0.1) is 0 Å². The zero-order valence-electron chi connectivity index (χ0n) is 19.0. The van der Waals surface area contributed by atoms with Crippen molar-refractivity contribution in [2.75, 3.05) is 0 Å². The third-order valence-corrected chi connectivity index (χ3v) is 7.10. The predicted octanol–water partition coefficient (Wildman–Crippen LogP) is 5.52. The van der Waals surface area contributed by atoms with Crippen molar-refractivity contribution >= 4 is 32.9 Å². The van der Waals surface area contributed by atoms with Gasteiger partial charge < -0.3 is 14.4 Å². The second-order valence-electron chi connectivity index (χ2n) is 8.94. The first kappa shape index (κ1) is 22.7. The summed E-state index contributed by atoms with van der Waals surface area (Å²) >= 11 is 3.50. The maximum absolute atomic E-state index is 12.1. The number of aliphatic carboxylic acids is 1. The average molecular weight is 523 g/mol. The number of hydrogen-bond acceptors (Lipinski definition) is 4. The summed E-state index contributed by atoms with van der Waals surface area (Å²) in [6, 6.07) is 16.0. The molecule has 0 unspecified atom stereocenters. The number of benzene rings is 2.